The predicted octanol–water partition coefficient (Wildman–Crippen LogP) is 15.5. The zero-order valence-corrected chi connectivity index (χ0v) is 32.0. The number of rotatable bonds is 5. The molecule has 0 saturated carbocycles. The molecule has 0 aromatic heterocycles. The summed E-state index contributed by atoms with van der Waals surface area (Å²) in [5.74, 6) is 0. The van der Waals surface area contributed by atoms with Crippen molar-refractivity contribution < 1.29 is 0 Å². The van der Waals surface area contributed by atoms with Gasteiger partial charge in [-0.1, -0.05) is 172 Å². The van der Waals surface area contributed by atoms with Gasteiger partial charge in [-0.3, -0.25) is 0 Å². The molecule has 10 aromatic rings. The van der Waals surface area contributed by atoms with E-state index in [1.165, 1.54) is 76.7 Å². The monoisotopic (exact) mass is 728 g/mol. The minimum atomic E-state index is -0.241. The number of anilines is 6. The van der Waals surface area contributed by atoms with E-state index >= 15 is 0 Å². The molecule has 0 aliphatic carbocycles. The number of benzene rings is 10. The van der Waals surface area contributed by atoms with Gasteiger partial charge in [0.25, 0.3) is 0 Å². The molecule has 1 aliphatic rings. The molecule has 1 aliphatic heterocycles. The topological polar surface area (TPSA) is 6.48 Å². The summed E-state index contributed by atoms with van der Waals surface area (Å²) in [4.78, 5) is 5.01. The summed E-state index contributed by atoms with van der Waals surface area (Å²) in [6.07, 6.45) is 0. The molecule has 0 amide bonds. The van der Waals surface area contributed by atoms with Gasteiger partial charge >= 0.3 is 0 Å². The molecule has 2 nitrogen and oxygen atoms in total. The largest absolute Gasteiger partial charge is 0.308 e. The average Bonchev–Trinajstić information content (AvgIpc) is 3.27. The van der Waals surface area contributed by atoms with Gasteiger partial charge in [0.2, 0.25) is 0 Å². The first-order valence-corrected chi connectivity index (χ1v) is 19.9. The lowest BCUT2D eigenvalue weighted by Crippen LogP contribution is -2.31. The van der Waals surface area contributed by atoms with Crippen LogP contribution in [0.2, 0.25) is 0 Å². The van der Waals surface area contributed by atoms with Gasteiger partial charge in [0.1, 0.15) is 0 Å². The molecule has 1 heterocycles. The molecule has 0 N–H and O–H groups in total. The van der Waals surface area contributed by atoms with Gasteiger partial charge in [-0.15, -0.1) is 0 Å². The molecule has 0 atom stereocenters. The Morgan fingerprint density at radius 3 is 1.82 bits per heavy atom. The third-order valence-corrected chi connectivity index (χ3v) is 12.2. The van der Waals surface area contributed by atoms with Crippen LogP contribution in [-0.2, 0) is 5.41 Å². The van der Waals surface area contributed by atoms with Crippen molar-refractivity contribution in [1.82, 2.24) is 0 Å². The third-order valence-electron chi connectivity index (χ3n) is 12.2. The number of fused-ring (bicyclic) bond motifs is 7. The maximum atomic E-state index is 2.57. The minimum absolute atomic E-state index is 0.241. The lowest BCUT2D eigenvalue weighted by Gasteiger charge is -2.44. The van der Waals surface area contributed by atoms with E-state index in [9.17, 15) is 0 Å². The Bertz CT molecular complexity index is 3180. The first kappa shape index (κ1) is 33.2. The molecule has 0 spiro atoms. The van der Waals surface area contributed by atoms with Gasteiger partial charge in [-0.25, -0.2) is 0 Å². The van der Waals surface area contributed by atoms with E-state index in [0.29, 0.717) is 0 Å². The first-order chi connectivity index (χ1) is 28.0. The predicted molar refractivity (Wildman–Crippen MR) is 243 cm³/mol. The number of hydrogen-bond donors (Lipinski definition) is 0. The highest BCUT2D eigenvalue weighted by Gasteiger charge is 2.39. The number of para-hydroxylation sites is 2. The minimum Gasteiger partial charge on any atom is -0.308 e. The van der Waals surface area contributed by atoms with Crippen LogP contribution in [0.1, 0.15) is 25.0 Å². The lowest BCUT2D eigenvalue weighted by molar-refractivity contribution is 0.632. The zero-order chi connectivity index (χ0) is 38.1. The van der Waals surface area contributed by atoms with Crippen LogP contribution in [0.15, 0.2) is 206 Å². The molecule has 0 fully saturated rings. The van der Waals surface area contributed by atoms with Crippen LogP contribution in [0.3, 0.4) is 0 Å². The van der Waals surface area contributed by atoms with E-state index in [-0.39, 0.29) is 5.41 Å². The Labute approximate surface area is 333 Å². The lowest BCUT2D eigenvalue weighted by atomic mass is 9.73. The van der Waals surface area contributed by atoms with E-state index in [1.54, 1.807) is 0 Å². The summed E-state index contributed by atoms with van der Waals surface area (Å²) < 4.78 is 0. The van der Waals surface area contributed by atoms with E-state index < -0.39 is 0 Å². The zero-order valence-electron chi connectivity index (χ0n) is 32.0. The second kappa shape index (κ2) is 13.0. The van der Waals surface area contributed by atoms with Crippen LogP contribution in [0, 0.1) is 0 Å². The number of hydrogen-bond acceptors (Lipinski definition) is 2. The van der Waals surface area contributed by atoms with Crippen LogP contribution < -0.4 is 9.80 Å². The summed E-state index contributed by atoms with van der Waals surface area (Å²) in [5, 5.41) is 9.88. The fraction of sp³-hybridized carbons (Fsp3) is 0.0545. The van der Waals surface area contributed by atoms with Crippen LogP contribution in [-0.4, -0.2) is 0 Å². The molecular weight excluding hydrogens is 689 g/mol. The highest BCUT2D eigenvalue weighted by molar-refractivity contribution is 6.14. The van der Waals surface area contributed by atoms with Crippen molar-refractivity contribution in [1.29, 1.82) is 0 Å². The van der Waals surface area contributed by atoms with Gasteiger partial charge in [0.15, 0.2) is 0 Å². The summed E-state index contributed by atoms with van der Waals surface area (Å²) in [6.45, 7) is 4.75. The molecule has 270 valence electrons. The molecule has 11 rings (SSSR count). The second-order valence-corrected chi connectivity index (χ2v) is 15.8. The third kappa shape index (κ3) is 5.25. The van der Waals surface area contributed by atoms with E-state index in [2.05, 4.69) is 230 Å². The molecule has 57 heavy (non-hydrogen) atoms. The molecular formula is C55H40N2. The smallest absolute Gasteiger partial charge is 0.0781 e. The SMILES string of the molecule is CC1(C)c2ccccc2N(c2c(N(c3ccccc3)c3ccc4ccccc4c3)ccc3ccccc23)c2cc(-c3cc4ccccc4c4ccccc34)ccc21. The first-order valence-electron chi connectivity index (χ1n) is 19.9. The van der Waals surface area contributed by atoms with Crippen molar-refractivity contribution >= 4 is 77.2 Å². The maximum Gasteiger partial charge on any atom is 0.0781 e. The molecule has 2 heteroatoms. The fourth-order valence-electron chi connectivity index (χ4n) is 9.40. The highest BCUT2D eigenvalue weighted by atomic mass is 15.2. The van der Waals surface area contributed by atoms with E-state index in [0.717, 1.165) is 22.7 Å². The van der Waals surface area contributed by atoms with Crippen molar-refractivity contribution in [3.05, 3.63) is 217 Å². The summed E-state index contributed by atoms with van der Waals surface area (Å²) in [7, 11) is 0. The summed E-state index contributed by atoms with van der Waals surface area (Å²) >= 11 is 0. The summed E-state index contributed by atoms with van der Waals surface area (Å²) in [6, 6.07) is 75.9. The Morgan fingerprint density at radius 1 is 0.386 bits per heavy atom. The van der Waals surface area contributed by atoms with Crippen molar-refractivity contribution in [3.63, 3.8) is 0 Å². The Balaban J connectivity index is 1.23. The molecule has 10 aromatic carbocycles. The Hall–Kier alpha value is -7.16. The van der Waals surface area contributed by atoms with Gasteiger partial charge in [-0.2, -0.15) is 0 Å². The van der Waals surface area contributed by atoms with Crippen LogP contribution in [0.25, 0.3) is 54.2 Å². The Kier molecular flexibility index (Phi) is 7.55. The van der Waals surface area contributed by atoms with Crippen LogP contribution in [0.4, 0.5) is 34.1 Å². The molecule has 0 bridgehead atoms. The van der Waals surface area contributed by atoms with Crippen molar-refractivity contribution in [3.8, 4) is 11.1 Å². The van der Waals surface area contributed by atoms with E-state index in [1.807, 2.05) is 0 Å². The maximum absolute atomic E-state index is 2.57. The van der Waals surface area contributed by atoms with Gasteiger partial charge in [-0.05, 0) is 108 Å². The normalized spacial score (nSPS) is 13.2. The summed E-state index contributed by atoms with van der Waals surface area (Å²) in [5.41, 5.74) is 11.7. The van der Waals surface area contributed by atoms with Gasteiger partial charge in [0, 0.05) is 22.2 Å². The quantitative estimate of drug-likeness (QED) is 0.163. The molecule has 0 saturated heterocycles. The van der Waals surface area contributed by atoms with Gasteiger partial charge in [0.05, 0.1) is 22.7 Å². The number of nitrogens with zero attached hydrogens (tertiary/aromatic N) is 2. The second-order valence-electron chi connectivity index (χ2n) is 15.8. The highest BCUT2D eigenvalue weighted by Crippen LogP contribution is 2.57. The molecule has 0 unspecified atom stereocenters. The van der Waals surface area contributed by atoms with E-state index in [4.69, 9.17) is 0 Å². The fourth-order valence-corrected chi connectivity index (χ4v) is 9.40. The molecule has 0 radical (unpaired) electrons. The van der Waals surface area contributed by atoms with Crippen molar-refractivity contribution in [2.75, 3.05) is 9.80 Å². The Morgan fingerprint density at radius 2 is 1.00 bits per heavy atom. The van der Waals surface area contributed by atoms with Crippen LogP contribution in [0.5, 0.6) is 0 Å². The standard InChI is InChI=1S/C55H40N2/c1-55(2)49-26-14-15-27-51(49)57(53-36-41(29-32-50(53)55)48-35-40-19-9-10-22-44(40)46-24-12-13-25-47(46)48)54-45-23-11-8-17-38(45)30-33-52(54)56(42-20-4-3-5-21-42)43-31-28-37-16-6-7-18-39(37)34-43/h3-36H,1-2H3. The van der Waals surface area contributed by atoms with Crippen molar-refractivity contribution in [2.24, 2.45) is 0 Å². The van der Waals surface area contributed by atoms with Crippen molar-refractivity contribution in [2.45, 2.75) is 19.3 Å². The van der Waals surface area contributed by atoms with Gasteiger partial charge < -0.3 is 9.80 Å². The average molecular weight is 729 g/mol. The van der Waals surface area contributed by atoms with Crippen LogP contribution >= 0.6 is 0 Å².